The van der Waals surface area contributed by atoms with Crippen LogP contribution in [-0.2, 0) is 16.6 Å². The first-order chi connectivity index (χ1) is 24.3. The molecule has 11 nitrogen and oxygen atoms in total. The van der Waals surface area contributed by atoms with Crippen molar-refractivity contribution in [2.75, 3.05) is 22.8 Å². The predicted molar refractivity (Wildman–Crippen MR) is 197 cm³/mol. The standard InChI is InChI=1S/C39H47N7O4S/c1-25-9-6-10-26(2)36(25)32-20-35-43-38(42-32)44-51(48,49)31-13-7-11-28(19-31)37(47)46(30(24-50-35)16-17-39(3,4)5)23-29-21-40-22-34(41-29)45-18-8-12-27-14-15-33(27)45/h6-7,9-11,13,19-22,27,30,33H,8,12,14-18,23-24H2,1-5H3,(H,42,43,44)/t27?,30-,33?/m1/s1. The molecule has 1 saturated heterocycles. The number of sulfonamides is 1. The van der Waals surface area contributed by atoms with E-state index in [4.69, 9.17) is 9.72 Å². The van der Waals surface area contributed by atoms with Gasteiger partial charge in [0, 0.05) is 29.8 Å². The molecule has 2 aromatic carbocycles. The summed E-state index contributed by atoms with van der Waals surface area (Å²) in [7, 11) is -4.17. The van der Waals surface area contributed by atoms with E-state index in [0.29, 0.717) is 29.8 Å². The van der Waals surface area contributed by atoms with Gasteiger partial charge in [0.2, 0.25) is 11.8 Å². The van der Waals surface area contributed by atoms with Crippen LogP contribution in [0, 0.1) is 25.2 Å². The number of hydrogen-bond acceptors (Lipinski definition) is 9. The number of nitrogens with zero attached hydrogens (tertiary/aromatic N) is 6. The van der Waals surface area contributed by atoms with Crippen molar-refractivity contribution < 1.29 is 17.9 Å². The maximum atomic E-state index is 14.6. The Balaban J connectivity index is 1.31. The Morgan fingerprint density at radius 2 is 1.75 bits per heavy atom. The zero-order chi connectivity index (χ0) is 35.9. The number of benzene rings is 2. The van der Waals surface area contributed by atoms with Gasteiger partial charge in [-0.25, -0.2) is 23.1 Å². The Hall–Kier alpha value is -4.58. The molecule has 2 aromatic heterocycles. The smallest absolute Gasteiger partial charge is 0.264 e. The Labute approximate surface area is 301 Å². The fraction of sp³-hybridized carbons (Fsp3) is 0.462. The molecular weight excluding hydrogens is 663 g/mol. The second kappa shape index (κ2) is 13.9. The summed E-state index contributed by atoms with van der Waals surface area (Å²) in [5.41, 5.74) is 4.28. The number of amides is 1. The Bertz CT molecular complexity index is 2030. The van der Waals surface area contributed by atoms with E-state index in [1.807, 2.05) is 38.2 Å². The van der Waals surface area contributed by atoms with Gasteiger partial charge in [-0.1, -0.05) is 45.0 Å². The molecule has 2 unspecified atom stereocenters. The largest absolute Gasteiger partial charge is 0.475 e. The van der Waals surface area contributed by atoms with E-state index in [1.54, 1.807) is 29.3 Å². The highest BCUT2D eigenvalue weighted by molar-refractivity contribution is 7.92. The Morgan fingerprint density at radius 1 is 0.961 bits per heavy atom. The molecule has 12 heteroatoms. The molecule has 51 heavy (non-hydrogen) atoms. The van der Waals surface area contributed by atoms with Gasteiger partial charge in [0.05, 0.1) is 41.3 Å². The quantitative estimate of drug-likeness (QED) is 0.226. The molecular formula is C39H47N7O4S. The number of ether oxygens (including phenoxy) is 1. The second-order valence-corrected chi connectivity index (χ2v) is 17.1. The van der Waals surface area contributed by atoms with Gasteiger partial charge in [0.25, 0.3) is 15.9 Å². The molecule has 7 rings (SSSR count). The number of aryl methyl sites for hydroxylation is 2. The third kappa shape index (κ3) is 7.56. The maximum Gasteiger partial charge on any atom is 0.264 e. The summed E-state index contributed by atoms with van der Waals surface area (Å²) in [4.78, 5) is 37.5. The summed E-state index contributed by atoms with van der Waals surface area (Å²) in [6.45, 7) is 11.8. The van der Waals surface area contributed by atoms with Gasteiger partial charge in [0.1, 0.15) is 12.4 Å². The summed E-state index contributed by atoms with van der Waals surface area (Å²) >= 11 is 0. The molecule has 1 saturated carbocycles. The molecule has 4 heterocycles. The monoisotopic (exact) mass is 709 g/mol. The van der Waals surface area contributed by atoms with Gasteiger partial charge < -0.3 is 14.5 Å². The first-order valence-electron chi connectivity index (χ1n) is 17.9. The van der Waals surface area contributed by atoms with Gasteiger partial charge in [-0.3, -0.25) is 9.78 Å². The van der Waals surface area contributed by atoms with Gasteiger partial charge in [-0.2, -0.15) is 4.98 Å². The SMILES string of the molecule is Cc1cccc(C)c1-c1cc2nc(n1)NS(=O)(=O)c1cccc(c1)C(=O)N(Cc1cncc(N3CCCC4CCC43)n1)[C@H](CCC(C)(C)C)CO2. The fourth-order valence-corrected chi connectivity index (χ4v) is 8.56. The summed E-state index contributed by atoms with van der Waals surface area (Å²) in [6, 6.07) is 13.9. The van der Waals surface area contributed by atoms with E-state index in [1.165, 1.54) is 25.0 Å². The number of carbonyl (C=O) groups is 1. The molecule has 1 N–H and O–H groups in total. The second-order valence-electron chi connectivity index (χ2n) is 15.4. The van der Waals surface area contributed by atoms with Crippen LogP contribution in [0.15, 0.2) is 65.8 Å². The van der Waals surface area contributed by atoms with Crippen molar-refractivity contribution in [3.8, 4) is 17.1 Å². The van der Waals surface area contributed by atoms with Crippen molar-refractivity contribution in [2.24, 2.45) is 11.3 Å². The first kappa shape index (κ1) is 34.9. The zero-order valence-electron chi connectivity index (χ0n) is 30.1. The molecule has 3 aliphatic rings. The molecule has 2 fully saturated rings. The molecule has 0 radical (unpaired) electrons. The lowest BCUT2D eigenvalue weighted by Crippen LogP contribution is -2.51. The van der Waals surface area contributed by atoms with E-state index in [0.717, 1.165) is 48.3 Å². The molecule has 4 aromatic rings. The van der Waals surface area contributed by atoms with Crippen molar-refractivity contribution in [1.29, 1.82) is 0 Å². The number of carbonyl (C=O) groups excluding carboxylic acids is 1. The molecule has 3 atom stereocenters. The number of aromatic nitrogens is 4. The molecule has 268 valence electrons. The minimum Gasteiger partial charge on any atom is -0.475 e. The first-order valence-corrected chi connectivity index (χ1v) is 19.4. The van der Waals surface area contributed by atoms with Gasteiger partial charge in [-0.05, 0) is 93.0 Å². The number of hydrogen-bond donors (Lipinski definition) is 1. The minimum atomic E-state index is -4.17. The fourth-order valence-electron chi connectivity index (χ4n) is 7.57. The van der Waals surface area contributed by atoms with Crippen LogP contribution in [-0.4, -0.2) is 64.4 Å². The van der Waals surface area contributed by atoms with Crippen molar-refractivity contribution in [1.82, 2.24) is 24.8 Å². The van der Waals surface area contributed by atoms with Crippen molar-refractivity contribution in [3.63, 3.8) is 0 Å². The van der Waals surface area contributed by atoms with Crippen molar-refractivity contribution in [3.05, 3.63) is 83.3 Å². The van der Waals surface area contributed by atoms with Crippen molar-refractivity contribution >= 4 is 27.7 Å². The molecule has 1 aliphatic carbocycles. The van der Waals surface area contributed by atoms with Crippen LogP contribution in [0.4, 0.5) is 11.8 Å². The van der Waals surface area contributed by atoms with Crippen LogP contribution in [0.3, 0.4) is 0 Å². The van der Waals surface area contributed by atoms with Crippen molar-refractivity contribution in [2.45, 2.75) is 96.7 Å². The Kier molecular flexibility index (Phi) is 9.47. The minimum absolute atomic E-state index is 0.0152. The molecule has 2 aliphatic heterocycles. The lowest BCUT2D eigenvalue weighted by molar-refractivity contribution is 0.0549. The summed E-state index contributed by atoms with van der Waals surface area (Å²) in [6.07, 6.45) is 9.81. The Morgan fingerprint density at radius 3 is 2.49 bits per heavy atom. The van der Waals surface area contributed by atoms with Crippen LogP contribution >= 0.6 is 0 Å². The number of piperidine rings is 1. The summed E-state index contributed by atoms with van der Waals surface area (Å²) in [5, 5.41) is 0. The lowest BCUT2D eigenvalue weighted by Gasteiger charge is -2.49. The average Bonchev–Trinajstić information content (AvgIpc) is 3.07. The number of rotatable bonds is 6. The topological polar surface area (TPSA) is 131 Å². The van der Waals surface area contributed by atoms with E-state index < -0.39 is 16.1 Å². The van der Waals surface area contributed by atoms with Crippen LogP contribution < -0.4 is 14.4 Å². The number of nitrogens with one attached hydrogen (secondary N) is 1. The van der Waals surface area contributed by atoms with Gasteiger partial charge >= 0.3 is 0 Å². The third-order valence-corrected chi connectivity index (χ3v) is 11.8. The average molecular weight is 710 g/mol. The highest BCUT2D eigenvalue weighted by Crippen LogP contribution is 2.41. The van der Waals surface area contributed by atoms with Crippen LogP contribution in [0.1, 0.15) is 86.5 Å². The number of fused-ring (bicyclic) bond motifs is 5. The number of anilines is 2. The van der Waals surface area contributed by atoms with Gasteiger partial charge in [-0.15, -0.1) is 0 Å². The summed E-state index contributed by atoms with van der Waals surface area (Å²) in [5.74, 6) is 1.34. The van der Waals surface area contributed by atoms with Crippen LogP contribution in [0.5, 0.6) is 5.88 Å². The van der Waals surface area contributed by atoms with Crippen LogP contribution in [0.25, 0.3) is 11.3 Å². The zero-order valence-corrected chi connectivity index (χ0v) is 30.9. The summed E-state index contributed by atoms with van der Waals surface area (Å²) < 4.78 is 36.5. The normalized spacial score (nSPS) is 21.6. The van der Waals surface area contributed by atoms with Gasteiger partial charge in [0.15, 0.2) is 0 Å². The molecule has 0 spiro atoms. The maximum absolute atomic E-state index is 14.6. The van der Waals surface area contributed by atoms with E-state index in [2.05, 4.69) is 45.3 Å². The van der Waals surface area contributed by atoms with E-state index in [9.17, 15) is 13.2 Å². The van der Waals surface area contributed by atoms with E-state index in [-0.39, 0.29) is 46.8 Å². The van der Waals surface area contributed by atoms with E-state index >= 15 is 0 Å². The van der Waals surface area contributed by atoms with Crippen LogP contribution in [0.2, 0.25) is 0 Å². The molecule has 4 bridgehead atoms. The highest BCUT2D eigenvalue weighted by Gasteiger charge is 2.39. The molecule has 1 amide bonds. The third-order valence-electron chi connectivity index (χ3n) is 10.5. The highest BCUT2D eigenvalue weighted by atomic mass is 32.2. The lowest BCUT2D eigenvalue weighted by atomic mass is 9.73. The predicted octanol–water partition coefficient (Wildman–Crippen LogP) is 6.96.